The topological polar surface area (TPSA) is 79.9 Å². The van der Waals surface area contributed by atoms with Gasteiger partial charge in [-0.1, -0.05) is 37.8 Å². The van der Waals surface area contributed by atoms with Gasteiger partial charge in [-0.15, -0.1) is 0 Å². The molecule has 1 aromatic rings. The molecule has 1 amide bonds. The number of rotatable bonds is 4. The third-order valence-electron chi connectivity index (χ3n) is 4.65. The van der Waals surface area contributed by atoms with Gasteiger partial charge in [-0.3, -0.25) is 4.90 Å². The number of cyclic esters (lactones) is 1. The van der Waals surface area contributed by atoms with Crippen molar-refractivity contribution in [3.05, 3.63) is 29.8 Å². The minimum Gasteiger partial charge on any atom is -0.447 e. The second kappa shape index (κ2) is 8.04. The number of ether oxygens (including phenoxy) is 1. The third kappa shape index (κ3) is 4.40. The highest BCUT2D eigenvalue weighted by molar-refractivity contribution is 5.89. The molecule has 0 atom stereocenters. The number of nitrogens with one attached hydrogen (secondary N) is 1. The van der Waals surface area contributed by atoms with Crippen LogP contribution >= 0.6 is 0 Å². The van der Waals surface area contributed by atoms with Crippen LogP contribution in [-0.2, 0) is 11.3 Å². The van der Waals surface area contributed by atoms with Crippen molar-refractivity contribution in [2.24, 2.45) is 10.7 Å². The number of hydrogen-bond acceptors (Lipinski definition) is 3. The molecule has 0 spiro atoms. The largest absolute Gasteiger partial charge is 0.447 e. The molecule has 1 saturated heterocycles. The molecule has 1 aliphatic carbocycles. The van der Waals surface area contributed by atoms with Crippen molar-refractivity contribution < 1.29 is 9.53 Å². The predicted molar refractivity (Wildman–Crippen MR) is 95.1 cm³/mol. The van der Waals surface area contributed by atoms with Crippen LogP contribution < -0.4 is 16.0 Å². The van der Waals surface area contributed by atoms with E-state index < -0.39 is 0 Å². The molecule has 1 heterocycles. The van der Waals surface area contributed by atoms with E-state index in [2.05, 4.69) is 10.3 Å². The molecule has 0 unspecified atom stereocenters. The fraction of sp³-hybridized carbons (Fsp3) is 0.556. The molecule has 3 N–H and O–H groups in total. The summed E-state index contributed by atoms with van der Waals surface area (Å²) in [6, 6.07) is 8.26. The van der Waals surface area contributed by atoms with Gasteiger partial charge in [0.2, 0.25) is 0 Å². The van der Waals surface area contributed by atoms with E-state index in [4.69, 9.17) is 10.5 Å². The van der Waals surface area contributed by atoms with Crippen LogP contribution in [0.25, 0.3) is 0 Å². The lowest BCUT2D eigenvalue weighted by molar-refractivity contribution is 0.181. The summed E-state index contributed by atoms with van der Waals surface area (Å²) in [4.78, 5) is 17.6. The van der Waals surface area contributed by atoms with Crippen LogP contribution in [0.4, 0.5) is 10.5 Å². The number of guanidine groups is 1. The molecule has 2 fully saturated rings. The van der Waals surface area contributed by atoms with E-state index in [1.807, 2.05) is 24.3 Å². The molecule has 6 heteroatoms. The van der Waals surface area contributed by atoms with Crippen LogP contribution in [0.2, 0.25) is 0 Å². The highest BCUT2D eigenvalue weighted by Gasteiger charge is 2.23. The minimum absolute atomic E-state index is 0.280. The Balaban J connectivity index is 1.52. The lowest BCUT2D eigenvalue weighted by Crippen LogP contribution is -2.39. The summed E-state index contributed by atoms with van der Waals surface area (Å²) in [5.41, 5.74) is 7.94. The van der Waals surface area contributed by atoms with Gasteiger partial charge in [0.15, 0.2) is 5.96 Å². The third-order valence-corrected chi connectivity index (χ3v) is 4.65. The predicted octanol–water partition coefficient (Wildman–Crippen LogP) is 2.77. The highest BCUT2D eigenvalue weighted by Crippen LogP contribution is 2.20. The van der Waals surface area contributed by atoms with Gasteiger partial charge >= 0.3 is 6.09 Å². The number of aliphatic imine (C=N–C) groups is 1. The second-order valence-corrected chi connectivity index (χ2v) is 6.47. The lowest BCUT2D eigenvalue weighted by atomic mass is 10.1. The number of amides is 1. The first kappa shape index (κ1) is 16.6. The molecule has 1 saturated carbocycles. The van der Waals surface area contributed by atoms with E-state index in [0.29, 0.717) is 31.7 Å². The number of anilines is 1. The van der Waals surface area contributed by atoms with Crippen LogP contribution in [0.3, 0.4) is 0 Å². The van der Waals surface area contributed by atoms with E-state index in [1.54, 1.807) is 4.90 Å². The Labute approximate surface area is 143 Å². The lowest BCUT2D eigenvalue weighted by Gasteiger charge is -2.16. The average Bonchev–Trinajstić information content (AvgIpc) is 2.86. The minimum atomic E-state index is -0.280. The fourth-order valence-corrected chi connectivity index (χ4v) is 3.26. The van der Waals surface area contributed by atoms with Crippen molar-refractivity contribution in [1.82, 2.24) is 5.32 Å². The highest BCUT2D eigenvalue weighted by atomic mass is 16.6. The van der Waals surface area contributed by atoms with Crippen molar-refractivity contribution in [2.75, 3.05) is 18.1 Å². The summed E-state index contributed by atoms with van der Waals surface area (Å²) in [6.07, 6.45) is 7.26. The van der Waals surface area contributed by atoms with Crippen LogP contribution in [0.5, 0.6) is 0 Å². The van der Waals surface area contributed by atoms with Crippen molar-refractivity contribution in [3.63, 3.8) is 0 Å². The number of hydrogen-bond donors (Lipinski definition) is 2. The van der Waals surface area contributed by atoms with E-state index >= 15 is 0 Å². The second-order valence-electron chi connectivity index (χ2n) is 6.47. The summed E-state index contributed by atoms with van der Waals surface area (Å²) in [7, 11) is 0. The van der Waals surface area contributed by atoms with E-state index in [9.17, 15) is 4.79 Å². The van der Waals surface area contributed by atoms with E-state index in [0.717, 1.165) is 11.3 Å². The zero-order valence-corrected chi connectivity index (χ0v) is 14.0. The Bertz CT molecular complexity index is 577. The summed E-state index contributed by atoms with van der Waals surface area (Å²) in [5.74, 6) is 0.522. The normalized spacial score (nSPS) is 19.9. The molecule has 2 aliphatic rings. The van der Waals surface area contributed by atoms with E-state index in [1.165, 1.54) is 38.5 Å². The molecule has 3 rings (SSSR count). The molecular formula is C18H26N4O2. The molecule has 0 bridgehead atoms. The zero-order chi connectivity index (χ0) is 16.8. The van der Waals surface area contributed by atoms with Crippen molar-refractivity contribution in [2.45, 2.75) is 51.1 Å². The maximum Gasteiger partial charge on any atom is 0.414 e. The molecule has 0 aromatic heterocycles. The first-order valence-corrected chi connectivity index (χ1v) is 8.82. The van der Waals surface area contributed by atoms with Crippen molar-refractivity contribution in [1.29, 1.82) is 0 Å². The number of carbonyl (C=O) groups excluding carboxylic acids is 1. The SMILES string of the molecule is NC(=NCc1ccc(N2CCOC2=O)cc1)NC1CCCCCC1. The van der Waals surface area contributed by atoms with Crippen LogP contribution in [-0.4, -0.2) is 31.2 Å². The molecule has 0 radical (unpaired) electrons. The molecule has 1 aliphatic heterocycles. The first-order chi connectivity index (χ1) is 11.7. The standard InChI is InChI=1S/C18H26N4O2/c19-17(21-15-5-3-1-2-4-6-15)20-13-14-7-9-16(10-8-14)22-11-12-24-18(22)23/h7-10,15H,1-6,11-13H2,(H3,19,20,21). The van der Waals surface area contributed by atoms with Gasteiger partial charge in [-0.2, -0.15) is 0 Å². The van der Waals surface area contributed by atoms with Crippen molar-refractivity contribution >= 4 is 17.7 Å². The van der Waals surface area contributed by atoms with Gasteiger partial charge in [0.05, 0.1) is 13.1 Å². The molecular weight excluding hydrogens is 304 g/mol. The van der Waals surface area contributed by atoms with Gasteiger partial charge in [0.25, 0.3) is 0 Å². The Morgan fingerprint density at radius 2 is 1.92 bits per heavy atom. The molecule has 130 valence electrons. The molecule has 1 aromatic carbocycles. The number of carbonyl (C=O) groups is 1. The van der Waals surface area contributed by atoms with Gasteiger partial charge in [0.1, 0.15) is 6.61 Å². The van der Waals surface area contributed by atoms with Gasteiger partial charge in [-0.25, -0.2) is 9.79 Å². The maximum atomic E-state index is 11.5. The molecule has 24 heavy (non-hydrogen) atoms. The Hall–Kier alpha value is -2.24. The average molecular weight is 330 g/mol. The van der Waals surface area contributed by atoms with E-state index in [-0.39, 0.29) is 6.09 Å². The summed E-state index contributed by atoms with van der Waals surface area (Å²) in [6.45, 7) is 1.60. The zero-order valence-electron chi connectivity index (χ0n) is 14.0. The maximum absolute atomic E-state index is 11.5. The number of nitrogens with two attached hydrogens (primary N) is 1. The van der Waals surface area contributed by atoms with Crippen LogP contribution in [0.1, 0.15) is 44.1 Å². The van der Waals surface area contributed by atoms with Crippen LogP contribution in [0, 0.1) is 0 Å². The number of nitrogens with zero attached hydrogens (tertiary/aromatic N) is 2. The molecule has 6 nitrogen and oxygen atoms in total. The monoisotopic (exact) mass is 330 g/mol. The Kier molecular flexibility index (Phi) is 5.56. The van der Waals surface area contributed by atoms with Gasteiger partial charge in [-0.05, 0) is 30.5 Å². The first-order valence-electron chi connectivity index (χ1n) is 8.82. The van der Waals surface area contributed by atoms with Crippen LogP contribution in [0.15, 0.2) is 29.3 Å². The smallest absolute Gasteiger partial charge is 0.414 e. The fourth-order valence-electron chi connectivity index (χ4n) is 3.26. The Morgan fingerprint density at radius 1 is 1.21 bits per heavy atom. The number of benzene rings is 1. The Morgan fingerprint density at radius 3 is 2.54 bits per heavy atom. The van der Waals surface area contributed by atoms with Crippen molar-refractivity contribution in [3.8, 4) is 0 Å². The quantitative estimate of drug-likeness (QED) is 0.505. The summed E-state index contributed by atoms with van der Waals surface area (Å²) < 4.78 is 4.95. The summed E-state index contributed by atoms with van der Waals surface area (Å²) >= 11 is 0. The van der Waals surface area contributed by atoms with Gasteiger partial charge < -0.3 is 15.8 Å². The van der Waals surface area contributed by atoms with Gasteiger partial charge in [0, 0.05) is 11.7 Å². The summed E-state index contributed by atoms with van der Waals surface area (Å²) in [5, 5.41) is 3.35.